The molecule has 0 aromatic rings. The van der Waals surface area contributed by atoms with Crippen LogP contribution in [0.15, 0.2) is 22.4 Å². The molecular weight excluding hydrogens is 194 g/mol. The Bertz CT molecular complexity index is 335. The average Bonchev–Trinajstić information content (AvgIpc) is 2.90. The van der Waals surface area contributed by atoms with E-state index in [0.717, 1.165) is 5.92 Å². The number of nitrogens with one attached hydrogen (secondary N) is 1. The van der Waals surface area contributed by atoms with Crippen LogP contribution >= 0.6 is 0 Å². The third kappa shape index (κ3) is 1.70. The monoisotopic (exact) mass is 219 g/mol. The van der Waals surface area contributed by atoms with E-state index in [9.17, 15) is 0 Å². The molecule has 0 aromatic carbocycles. The van der Waals surface area contributed by atoms with Gasteiger partial charge in [-0.25, -0.2) is 0 Å². The summed E-state index contributed by atoms with van der Waals surface area (Å²) in [7, 11) is 0. The van der Waals surface area contributed by atoms with Crippen molar-refractivity contribution >= 4 is 0 Å². The van der Waals surface area contributed by atoms with Gasteiger partial charge in [-0.05, 0) is 61.7 Å². The van der Waals surface area contributed by atoms with Crippen LogP contribution in [0.2, 0.25) is 0 Å². The maximum Gasteiger partial charge on any atom is 0.0476 e. The molecule has 0 saturated heterocycles. The smallest absolute Gasteiger partial charge is 0.0476 e. The van der Waals surface area contributed by atoms with Gasteiger partial charge >= 0.3 is 0 Å². The fraction of sp³-hybridized carbons (Fsp3) is 0.733. The Morgan fingerprint density at radius 2 is 1.88 bits per heavy atom. The number of allylic oxidation sites excluding steroid dienone is 3. The Labute approximate surface area is 100 Å². The minimum atomic E-state index is 0.703. The van der Waals surface area contributed by atoms with Gasteiger partial charge in [0, 0.05) is 11.7 Å². The van der Waals surface area contributed by atoms with E-state index in [2.05, 4.69) is 19.2 Å². The van der Waals surface area contributed by atoms with Crippen molar-refractivity contribution < 1.29 is 0 Å². The van der Waals surface area contributed by atoms with E-state index in [-0.39, 0.29) is 0 Å². The summed E-state index contributed by atoms with van der Waals surface area (Å²) in [6.07, 6.45) is 6.75. The minimum absolute atomic E-state index is 0.703. The fourth-order valence-electron chi connectivity index (χ4n) is 3.39. The molecule has 3 aliphatic rings. The van der Waals surface area contributed by atoms with Crippen LogP contribution in [0.25, 0.3) is 0 Å². The van der Waals surface area contributed by atoms with Gasteiger partial charge in [0.05, 0.1) is 0 Å². The first-order valence-corrected chi connectivity index (χ1v) is 6.97. The summed E-state index contributed by atoms with van der Waals surface area (Å²) in [6, 6.07) is 0.703. The number of rotatable bonds is 0. The Kier molecular flexibility index (Phi) is 3.41. The SMILES string of the molecule is CC.CC1=C2CCCC2NC2=C1CCC2C. The van der Waals surface area contributed by atoms with Gasteiger partial charge in [0.25, 0.3) is 0 Å². The number of fused-ring (bicyclic) bond motifs is 1. The Morgan fingerprint density at radius 3 is 2.62 bits per heavy atom. The molecule has 3 rings (SSSR count). The summed E-state index contributed by atoms with van der Waals surface area (Å²) in [6.45, 7) is 8.71. The lowest BCUT2D eigenvalue weighted by Crippen LogP contribution is -2.32. The normalized spacial score (nSPS) is 31.8. The van der Waals surface area contributed by atoms with Crippen molar-refractivity contribution in [1.29, 1.82) is 0 Å². The van der Waals surface area contributed by atoms with Gasteiger partial charge in [0.2, 0.25) is 0 Å². The molecule has 90 valence electrons. The second-order valence-electron chi connectivity index (χ2n) is 5.07. The Hall–Kier alpha value is -0.720. The van der Waals surface area contributed by atoms with E-state index in [4.69, 9.17) is 0 Å². The largest absolute Gasteiger partial charge is 0.381 e. The summed E-state index contributed by atoms with van der Waals surface area (Å²) in [5, 5.41) is 3.78. The molecule has 2 unspecified atom stereocenters. The first-order chi connectivity index (χ1) is 7.77. The molecule has 0 aromatic heterocycles. The van der Waals surface area contributed by atoms with Crippen molar-refractivity contribution in [3.63, 3.8) is 0 Å². The number of hydrogen-bond donors (Lipinski definition) is 1. The molecule has 1 saturated carbocycles. The highest BCUT2D eigenvalue weighted by molar-refractivity contribution is 5.47. The predicted octanol–water partition coefficient (Wildman–Crippen LogP) is 4.17. The molecule has 1 heteroatoms. The van der Waals surface area contributed by atoms with E-state index in [1.807, 2.05) is 13.8 Å². The van der Waals surface area contributed by atoms with E-state index in [0.29, 0.717) is 6.04 Å². The Morgan fingerprint density at radius 1 is 1.12 bits per heavy atom. The quantitative estimate of drug-likeness (QED) is 0.645. The van der Waals surface area contributed by atoms with Gasteiger partial charge in [-0.3, -0.25) is 0 Å². The van der Waals surface area contributed by atoms with Crippen molar-refractivity contribution in [1.82, 2.24) is 5.32 Å². The summed E-state index contributed by atoms with van der Waals surface area (Å²) >= 11 is 0. The van der Waals surface area contributed by atoms with Crippen LogP contribution < -0.4 is 5.32 Å². The van der Waals surface area contributed by atoms with E-state index in [1.54, 1.807) is 22.4 Å². The van der Waals surface area contributed by atoms with Crippen molar-refractivity contribution in [3.05, 3.63) is 22.4 Å². The maximum absolute atomic E-state index is 3.78. The van der Waals surface area contributed by atoms with Gasteiger partial charge in [-0.15, -0.1) is 0 Å². The van der Waals surface area contributed by atoms with Gasteiger partial charge in [-0.1, -0.05) is 20.8 Å². The molecular formula is C15H25N. The maximum atomic E-state index is 3.78. The second-order valence-corrected chi connectivity index (χ2v) is 5.07. The predicted molar refractivity (Wildman–Crippen MR) is 70.2 cm³/mol. The minimum Gasteiger partial charge on any atom is -0.381 e. The van der Waals surface area contributed by atoms with Crippen LogP contribution in [0.5, 0.6) is 0 Å². The highest BCUT2D eigenvalue weighted by Gasteiger charge is 2.34. The Balaban J connectivity index is 0.000000457. The molecule has 0 bridgehead atoms. The third-order valence-corrected chi connectivity index (χ3v) is 4.27. The van der Waals surface area contributed by atoms with E-state index < -0.39 is 0 Å². The van der Waals surface area contributed by atoms with Crippen molar-refractivity contribution in [2.24, 2.45) is 5.92 Å². The molecule has 1 heterocycles. The third-order valence-electron chi connectivity index (χ3n) is 4.27. The molecule has 16 heavy (non-hydrogen) atoms. The molecule has 0 amide bonds. The van der Waals surface area contributed by atoms with Crippen molar-refractivity contribution in [2.45, 2.75) is 65.8 Å². The second kappa shape index (κ2) is 4.65. The van der Waals surface area contributed by atoms with Crippen LogP contribution in [0.1, 0.15) is 59.8 Å². The van der Waals surface area contributed by atoms with Crippen molar-refractivity contribution in [2.75, 3.05) is 0 Å². The number of hydrogen-bond acceptors (Lipinski definition) is 1. The molecule has 0 radical (unpaired) electrons. The average molecular weight is 219 g/mol. The summed E-state index contributed by atoms with van der Waals surface area (Å²) < 4.78 is 0. The molecule has 1 nitrogen and oxygen atoms in total. The zero-order chi connectivity index (χ0) is 11.7. The summed E-state index contributed by atoms with van der Waals surface area (Å²) in [5.74, 6) is 0.780. The number of dihydropyridines is 1. The first kappa shape index (κ1) is 11.8. The standard InChI is InChI=1S/C13H19N.C2H6/c1-8-6-7-11-9(2)10-4-3-5-12(10)14-13(8)11;1-2/h8,12,14H,3-7H2,1-2H3;1-2H3. The van der Waals surface area contributed by atoms with Gasteiger partial charge in [-0.2, -0.15) is 0 Å². The fourth-order valence-corrected chi connectivity index (χ4v) is 3.39. The lowest BCUT2D eigenvalue weighted by atomic mass is 9.92. The molecule has 2 aliphatic carbocycles. The lowest BCUT2D eigenvalue weighted by molar-refractivity contribution is 0.558. The molecule has 1 aliphatic heterocycles. The van der Waals surface area contributed by atoms with Crippen LogP contribution in [0.3, 0.4) is 0 Å². The van der Waals surface area contributed by atoms with Crippen LogP contribution in [0.4, 0.5) is 0 Å². The van der Waals surface area contributed by atoms with Crippen LogP contribution in [0, 0.1) is 5.92 Å². The zero-order valence-electron chi connectivity index (χ0n) is 11.2. The van der Waals surface area contributed by atoms with Crippen LogP contribution in [-0.2, 0) is 0 Å². The summed E-state index contributed by atoms with van der Waals surface area (Å²) in [5.41, 5.74) is 6.60. The topological polar surface area (TPSA) is 12.0 Å². The molecule has 2 atom stereocenters. The highest BCUT2D eigenvalue weighted by Crippen LogP contribution is 2.43. The zero-order valence-corrected chi connectivity index (χ0v) is 11.2. The van der Waals surface area contributed by atoms with Crippen molar-refractivity contribution in [3.8, 4) is 0 Å². The van der Waals surface area contributed by atoms with Gasteiger partial charge in [0.1, 0.15) is 0 Å². The molecule has 1 fully saturated rings. The van der Waals surface area contributed by atoms with E-state index >= 15 is 0 Å². The summed E-state index contributed by atoms with van der Waals surface area (Å²) in [4.78, 5) is 0. The van der Waals surface area contributed by atoms with Gasteiger partial charge in [0.15, 0.2) is 0 Å². The van der Waals surface area contributed by atoms with E-state index in [1.165, 1.54) is 32.1 Å². The molecule has 0 spiro atoms. The first-order valence-electron chi connectivity index (χ1n) is 6.97. The highest BCUT2D eigenvalue weighted by atomic mass is 15.0. The lowest BCUT2D eigenvalue weighted by Gasteiger charge is -2.28. The van der Waals surface area contributed by atoms with Gasteiger partial charge < -0.3 is 5.32 Å². The molecule has 1 N–H and O–H groups in total. The van der Waals surface area contributed by atoms with Crippen LogP contribution in [-0.4, -0.2) is 6.04 Å².